The third-order valence-corrected chi connectivity index (χ3v) is 14.2. The van der Waals surface area contributed by atoms with Crippen LogP contribution in [0.15, 0.2) is 0 Å². The number of rotatable bonds is 4. The fourth-order valence-corrected chi connectivity index (χ4v) is 13.5. The third kappa shape index (κ3) is 2.50. The minimum Gasteiger partial charge on any atom is -0.459 e. The first-order valence-corrected chi connectivity index (χ1v) is 15.2. The fraction of sp³-hybridized carbons (Fsp3) is 0.968. The lowest BCUT2D eigenvalue weighted by Gasteiger charge is -2.59. The van der Waals surface area contributed by atoms with Gasteiger partial charge in [-0.15, -0.1) is 0 Å². The van der Waals surface area contributed by atoms with Crippen LogP contribution in [0.3, 0.4) is 0 Å². The highest BCUT2D eigenvalue weighted by Crippen LogP contribution is 2.76. The van der Waals surface area contributed by atoms with Crippen molar-refractivity contribution < 1.29 is 9.53 Å². The summed E-state index contributed by atoms with van der Waals surface area (Å²) >= 11 is 0. The number of carbonyl (C=O) groups excluding carboxylic acids is 1. The molecule has 8 bridgehead atoms. The van der Waals surface area contributed by atoms with Crippen LogP contribution in [-0.4, -0.2) is 11.6 Å². The Kier molecular flexibility index (Phi) is 4.26. The van der Waals surface area contributed by atoms with Crippen LogP contribution < -0.4 is 0 Å². The highest BCUT2D eigenvalue weighted by molar-refractivity contribution is 5.74. The van der Waals surface area contributed by atoms with Crippen molar-refractivity contribution in [1.29, 1.82) is 0 Å². The largest absolute Gasteiger partial charge is 0.459 e. The van der Waals surface area contributed by atoms with Gasteiger partial charge in [0, 0.05) is 0 Å². The Morgan fingerprint density at radius 2 is 1.30 bits per heavy atom. The normalized spacial score (nSPS) is 63.3. The van der Waals surface area contributed by atoms with Gasteiger partial charge < -0.3 is 4.74 Å². The standard InChI is InChI=1S/C31H46O2/c1-4-17-11-18(5-2)27-25-14-24(26(17)27)28-19-12-22(29(25)28)23(13-19)30(32)33-31(3)20-7-15-6-16(9-20)10-21(31)8-15/h15-29H,4-14H2,1-3H3. The van der Waals surface area contributed by atoms with Crippen LogP contribution in [-0.2, 0) is 9.53 Å². The van der Waals surface area contributed by atoms with Crippen LogP contribution >= 0.6 is 0 Å². The summed E-state index contributed by atoms with van der Waals surface area (Å²) < 4.78 is 6.70. The number of fused-ring (bicyclic) bond motifs is 12. The number of hydrogen-bond acceptors (Lipinski definition) is 2. The summed E-state index contributed by atoms with van der Waals surface area (Å²) in [5.74, 6) is 13.1. The van der Waals surface area contributed by atoms with E-state index in [0.29, 0.717) is 17.8 Å². The molecule has 182 valence electrons. The lowest BCUT2D eigenvalue weighted by atomic mass is 9.50. The van der Waals surface area contributed by atoms with Crippen molar-refractivity contribution in [3.05, 3.63) is 0 Å². The summed E-state index contributed by atoms with van der Waals surface area (Å²) in [7, 11) is 0. The van der Waals surface area contributed by atoms with Crippen molar-refractivity contribution in [2.24, 2.45) is 88.8 Å². The average molecular weight is 451 g/mol. The van der Waals surface area contributed by atoms with E-state index in [4.69, 9.17) is 4.74 Å². The summed E-state index contributed by atoms with van der Waals surface area (Å²) in [4.78, 5) is 13.9. The molecule has 9 aliphatic carbocycles. The maximum absolute atomic E-state index is 13.9. The Morgan fingerprint density at radius 3 is 1.91 bits per heavy atom. The Bertz CT molecular complexity index is 818. The Balaban J connectivity index is 1.03. The Labute approximate surface area is 201 Å². The Hall–Kier alpha value is -0.530. The molecule has 9 rings (SSSR count). The van der Waals surface area contributed by atoms with Gasteiger partial charge in [-0.1, -0.05) is 26.7 Å². The van der Waals surface area contributed by atoms with Gasteiger partial charge in [0.25, 0.3) is 0 Å². The van der Waals surface area contributed by atoms with E-state index in [1.54, 1.807) is 0 Å². The third-order valence-electron chi connectivity index (χ3n) is 14.2. The van der Waals surface area contributed by atoms with E-state index < -0.39 is 0 Å². The van der Waals surface area contributed by atoms with Gasteiger partial charge in [0.1, 0.15) is 5.60 Å². The maximum atomic E-state index is 13.9. The molecule has 2 heteroatoms. The maximum Gasteiger partial charge on any atom is 0.309 e. The minimum atomic E-state index is -0.140. The molecule has 0 heterocycles. The molecule has 0 spiro atoms. The summed E-state index contributed by atoms with van der Waals surface area (Å²) in [5, 5.41) is 0. The van der Waals surface area contributed by atoms with Crippen LogP contribution in [0.4, 0.5) is 0 Å². The van der Waals surface area contributed by atoms with Crippen molar-refractivity contribution in [1.82, 2.24) is 0 Å². The summed E-state index contributed by atoms with van der Waals surface area (Å²) in [6.07, 6.45) is 15.2. The number of hydrogen-bond donors (Lipinski definition) is 0. The summed E-state index contributed by atoms with van der Waals surface area (Å²) in [6, 6.07) is 0. The molecule has 0 radical (unpaired) electrons. The molecule has 9 fully saturated rings. The first kappa shape index (κ1) is 20.6. The van der Waals surface area contributed by atoms with Gasteiger partial charge >= 0.3 is 5.97 Å². The predicted molar refractivity (Wildman–Crippen MR) is 129 cm³/mol. The molecule has 0 N–H and O–H groups in total. The van der Waals surface area contributed by atoms with Gasteiger partial charge in [-0.3, -0.25) is 4.79 Å². The second-order valence-corrected chi connectivity index (χ2v) is 14.9. The highest BCUT2D eigenvalue weighted by Gasteiger charge is 2.71. The highest BCUT2D eigenvalue weighted by atomic mass is 16.6. The molecule has 0 aromatic heterocycles. The summed E-state index contributed by atoms with van der Waals surface area (Å²) in [6.45, 7) is 7.27. The molecular formula is C31H46O2. The zero-order valence-corrected chi connectivity index (χ0v) is 21.3. The molecule has 11 atom stereocenters. The second-order valence-electron chi connectivity index (χ2n) is 14.9. The van der Waals surface area contributed by atoms with Crippen LogP contribution in [0.1, 0.15) is 91.4 Å². The van der Waals surface area contributed by atoms with Gasteiger partial charge in [-0.2, -0.15) is 0 Å². The quantitative estimate of drug-likeness (QED) is 0.341. The van der Waals surface area contributed by atoms with Crippen LogP contribution in [0.25, 0.3) is 0 Å². The van der Waals surface area contributed by atoms with Gasteiger partial charge in [0.15, 0.2) is 0 Å². The van der Waals surface area contributed by atoms with E-state index in [9.17, 15) is 4.79 Å². The van der Waals surface area contributed by atoms with E-state index in [-0.39, 0.29) is 17.5 Å². The predicted octanol–water partition coefficient (Wildman–Crippen LogP) is 6.97. The van der Waals surface area contributed by atoms with Gasteiger partial charge in [0.2, 0.25) is 0 Å². The van der Waals surface area contributed by atoms with E-state index in [0.717, 1.165) is 65.1 Å². The molecule has 33 heavy (non-hydrogen) atoms. The van der Waals surface area contributed by atoms with Gasteiger partial charge in [-0.05, 0) is 148 Å². The van der Waals surface area contributed by atoms with Crippen molar-refractivity contribution >= 4 is 5.97 Å². The van der Waals surface area contributed by atoms with Crippen molar-refractivity contribution in [3.63, 3.8) is 0 Å². The fourth-order valence-electron chi connectivity index (χ4n) is 13.5. The molecule has 9 aliphatic rings. The number of ether oxygens (including phenoxy) is 1. The van der Waals surface area contributed by atoms with Crippen LogP contribution in [0.2, 0.25) is 0 Å². The van der Waals surface area contributed by atoms with Gasteiger partial charge in [-0.25, -0.2) is 0 Å². The lowest BCUT2D eigenvalue weighted by molar-refractivity contribution is -0.209. The second kappa shape index (κ2) is 6.82. The molecule has 0 amide bonds. The first-order valence-electron chi connectivity index (χ1n) is 15.2. The van der Waals surface area contributed by atoms with Crippen molar-refractivity contribution in [2.75, 3.05) is 0 Å². The molecule has 0 aromatic rings. The van der Waals surface area contributed by atoms with Crippen LogP contribution in [0, 0.1) is 88.8 Å². The first-order chi connectivity index (χ1) is 16.0. The molecule has 0 saturated heterocycles. The SMILES string of the molecule is CCC1CC(CC)C2C3CC(C12)C1C2CC(C(=O)OC4(C)C5CC6CC(C5)CC4C6)C(C2)C31. The zero-order chi connectivity index (χ0) is 22.2. The number of carbonyl (C=O) groups is 1. The van der Waals surface area contributed by atoms with Crippen molar-refractivity contribution in [3.8, 4) is 0 Å². The molecule has 0 aliphatic heterocycles. The van der Waals surface area contributed by atoms with Crippen molar-refractivity contribution in [2.45, 2.75) is 97.0 Å². The van der Waals surface area contributed by atoms with E-state index in [2.05, 4.69) is 20.8 Å². The topological polar surface area (TPSA) is 26.3 Å². The zero-order valence-electron chi connectivity index (χ0n) is 21.3. The lowest BCUT2D eigenvalue weighted by Crippen LogP contribution is -2.58. The van der Waals surface area contributed by atoms with Crippen LogP contribution in [0.5, 0.6) is 0 Å². The smallest absolute Gasteiger partial charge is 0.309 e. The molecule has 0 aromatic carbocycles. The minimum absolute atomic E-state index is 0.140. The molecular weight excluding hydrogens is 404 g/mol. The van der Waals surface area contributed by atoms with E-state index in [1.807, 2.05) is 0 Å². The average Bonchev–Trinajstić information content (AvgIpc) is 3.59. The molecule has 11 unspecified atom stereocenters. The number of esters is 1. The monoisotopic (exact) mass is 450 g/mol. The summed E-state index contributed by atoms with van der Waals surface area (Å²) in [5.41, 5.74) is -0.140. The van der Waals surface area contributed by atoms with E-state index >= 15 is 0 Å². The molecule has 2 nitrogen and oxygen atoms in total. The molecule has 9 saturated carbocycles. The van der Waals surface area contributed by atoms with Gasteiger partial charge in [0.05, 0.1) is 5.92 Å². The van der Waals surface area contributed by atoms with E-state index in [1.165, 1.54) is 70.6 Å². The Morgan fingerprint density at radius 1 is 0.697 bits per heavy atom.